The van der Waals surface area contributed by atoms with Crippen LogP contribution in [0, 0.1) is 12.8 Å². The maximum atomic E-state index is 11.6. The Morgan fingerprint density at radius 3 is 2.52 bits per heavy atom. The average Bonchev–Trinajstić information content (AvgIpc) is 3.65. The van der Waals surface area contributed by atoms with Gasteiger partial charge in [0.15, 0.2) is 0 Å². The number of ketones is 1. The van der Waals surface area contributed by atoms with Crippen LogP contribution in [0.25, 0.3) is 11.1 Å². The Bertz CT molecular complexity index is 1530. The summed E-state index contributed by atoms with van der Waals surface area (Å²) >= 11 is 6.82. The average molecular weight is 645 g/mol. The van der Waals surface area contributed by atoms with E-state index < -0.39 is 0 Å². The van der Waals surface area contributed by atoms with Gasteiger partial charge in [-0.05, 0) is 112 Å². The molecule has 1 saturated carbocycles. The van der Waals surface area contributed by atoms with Gasteiger partial charge < -0.3 is 19.5 Å². The molecule has 0 spiro atoms. The van der Waals surface area contributed by atoms with Crippen LogP contribution in [0.4, 0.5) is 0 Å². The summed E-state index contributed by atoms with van der Waals surface area (Å²) in [5.41, 5.74) is 7.20. The van der Waals surface area contributed by atoms with Crippen molar-refractivity contribution in [2.24, 2.45) is 5.92 Å². The first-order valence-electron chi connectivity index (χ1n) is 17.3. The van der Waals surface area contributed by atoms with Crippen molar-refractivity contribution in [3.63, 3.8) is 0 Å². The van der Waals surface area contributed by atoms with Gasteiger partial charge in [-0.15, -0.1) is 0 Å². The number of carbonyl (C=O) groups is 1. The number of fused-ring (bicyclic) bond motifs is 1. The number of hydrogen-bond acceptors (Lipinski definition) is 6. The summed E-state index contributed by atoms with van der Waals surface area (Å²) in [4.78, 5) is 14.2. The Hall–Kier alpha value is -3.06. The maximum absolute atomic E-state index is 11.6. The van der Waals surface area contributed by atoms with Crippen molar-refractivity contribution in [2.45, 2.75) is 97.4 Å². The van der Waals surface area contributed by atoms with Crippen LogP contribution in [0.1, 0.15) is 87.7 Å². The molecule has 2 fully saturated rings. The van der Waals surface area contributed by atoms with E-state index in [1.54, 1.807) is 0 Å². The topological polar surface area (TPSA) is 60.0 Å². The van der Waals surface area contributed by atoms with E-state index in [0.29, 0.717) is 60.6 Å². The lowest BCUT2D eigenvalue weighted by atomic mass is 9.93. The van der Waals surface area contributed by atoms with Gasteiger partial charge in [-0.25, -0.2) is 0 Å². The molecule has 1 N–H and O–H groups in total. The van der Waals surface area contributed by atoms with Crippen molar-refractivity contribution in [2.75, 3.05) is 26.3 Å². The van der Waals surface area contributed by atoms with Gasteiger partial charge in [-0.3, -0.25) is 9.69 Å². The molecule has 0 bridgehead atoms. The Labute approximate surface area is 279 Å². The van der Waals surface area contributed by atoms with Crippen LogP contribution >= 0.6 is 11.6 Å². The number of hydrogen-bond donors (Lipinski definition) is 1. The van der Waals surface area contributed by atoms with Gasteiger partial charge in [0.1, 0.15) is 29.1 Å². The van der Waals surface area contributed by atoms with Gasteiger partial charge in [-0.1, -0.05) is 41.9 Å². The van der Waals surface area contributed by atoms with Crippen molar-refractivity contribution >= 4 is 17.4 Å². The largest absolute Gasteiger partial charge is 0.493 e. The second kappa shape index (κ2) is 14.8. The molecular weight excluding hydrogens is 596 g/mol. The molecule has 2 unspecified atom stereocenters. The molecule has 1 aliphatic heterocycles. The van der Waals surface area contributed by atoms with Crippen LogP contribution in [0.15, 0.2) is 48.5 Å². The van der Waals surface area contributed by atoms with Gasteiger partial charge in [0.2, 0.25) is 0 Å². The normalized spacial score (nSPS) is 22.5. The molecule has 1 heterocycles. The number of likely N-dealkylation sites (tertiary alicyclic amines) is 1. The third-order valence-electron chi connectivity index (χ3n) is 10.2. The highest BCUT2D eigenvalue weighted by Gasteiger charge is 2.31. The summed E-state index contributed by atoms with van der Waals surface area (Å²) in [5.74, 6) is 3.18. The fourth-order valence-electron chi connectivity index (χ4n) is 7.71. The van der Waals surface area contributed by atoms with Crippen LogP contribution < -0.4 is 19.5 Å². The predicted molar refractivity (Wildman–Crippen MR) is 185 cm³/mol. The van der Waals surface area contributed by atoms with E-state index in [1.807, 2.05) is 19.1 Å². The standard InChI is InChI=1S/C39H49ClN2O4/c1-5-44-38-22-39(35(40)21-29(38)24-41-23-28-13-14-30(43)20-28)46-37-16-15-33-32(10-6-11-34(33)37)31-9-7-12-36(27(31)4)45-18-8-17-42-25(2)19-26(42)3/h6-7,9-12,21-22,25-26,28,37,41H,5,8,13-20,23-24H2,1-4H3/t25?,26?,28-,37+/m1/s1. The van der Waals surface area contributed by atoms with E-state index in [4.69, 9.17) is 25.8 Å². The fourth-order valence-corrected chi connectivity index (χ4v) is 7.94. The van der Waals surface area contributed by atoms with Gasteiger partial charge in [-0.2, -0.15) is 0 Å². The Morgan fingerprint density at radius 2 is 1.76 bits per heavy atom. The summed E-state index contributed by atoms with van der Waals surface area (Å²) in [6, 6.07) is 18.2. The Morgan fingerprint density at radius 1 is 0.957 bits per heavy atom. The van der Waals surface area contributed by atoms with E-state index in [2.05, 4.69) is 67.4 Å². The molecule has 0 aromatic heterocycles. The zero-order valence-electron chi connectivity index (χ0n) is 27.9. The molecule has 246 valence electrons. The molecule has 6 nitrogen and oxygen atoms in total. The van der Waals surface area contributed by atoms with Crippen molar-refractivity contribution in [3.05, 3.63) is 75.8 Å². The highest BCUT2D eigenvalue weighted by molar-refractivity contribution is 6.32. The minimum atomic E-state index is -0.0863. The van der Waals surface area contributed by atoms with Gasteiger partial charge in [0.05, 0.1) is 18.2 Å². The van der Waals surface area contributed by atoms with Crippen LogP contribution in [-0.2, 0) is 17.8 Å². The number of ether oxygens (including phenoxy) is 3. The lowest BCUT2D eigenvalue weighted by Crippen LogP contribution is -2.53. The van der Waals surface area contributed by atoms with E-state index in [0.717, 1.165) is 62.4 Å². The summed E-state index contributed by atoms with van der Waals surface area (Å²) in [5, 5.41) is 4.09. The summed E-state index contributed by atoms with van der Waals surface area (Å²) in [6.45, 7) is 12.6. The number of nitrogens with zero attached hydrogens (tertiary/aromatic N) is 1. The Balaban J connectivity index is 1.13. The van der Waals surface area contributed by atoms with Gasteiger partial charge in [0, 0.05) is 49.6 Å². The first-order chi connectivity index (χ1) is 22.3. The number of Topliss-reactive ketones (excluding diaryl/α,β-unsaturated/α-hetero) is 1. The lowest BCUT2D eigenvalue weighted by Gasteiger charge is -2.45. The second-order valence-corrected chi connectivity index (χ2v) is 13.8. The molecule has 3 aromatic carbocycles. The van der Waals surface area contributed by atoms with E-state index in [9.17, 15) is 4.79 Å². The molecule has 2 aliphatic carbocycles. The molecule has 3 aromatic rings. The lowest BCUT2D eigenvalue weighted by molar-refractivity contribution is -0.117. The summed E-state index contributed by atoms with van der Waals surface area (Å²) < 4.78 is 19.0. The van der Waals surface area contributed by atoms with Crippen molar-refractivity contribution in [3.8, 4) is 28.4 Å². The minimum Gasteiger partial charge on any atom is -0.493 e. The molecule has 3 aliphatic rings. The predicted octanol–water partition coefficient (Wildman–Crippen LogP) is 8.49. The molecule has 7 heteroatoms. The summed E-state index contributed by atoms with van der Waals surface area (Å²) in [7, 11) is 0. The molecule has 0 amide bonds. The SMILES string of the molecule is CCOc1cc(O[C@H]2CCc3c(-c4cccc(OCCCN5C(C)CC5C)c4C)cccc32)c(Cl)cc1CNC[C@@H]1CCC(=O)C1. The Kier molecular flexibility index (Phi) is 10.6. The third kappa shape index (κ3) is 7.25. The van der Waals surface area contributed by atoms with Gasteiger partial charge in [0.25, 0.3) is 0 Å². The molecule has 4 atom stereocenters. The van der Waals surface area contributed by atoms with Crippen LogP contribution in [0.3, 0.4) is 0 Å². The quantitative estimate of drug-likeness (QED) is 0.178. The molecular formula is C39H49ClN2O4. The number of carbonyl (C=O) groups excluding carboxylic acids is 1. The van der Waals surface area contributed by atoms with Crippen LogP contribution in [0.2, 0.25) is 5.02 Å². The van der Waals surface area contributed by atoms with Gasteiger partial charge >= 0.3 is 0 Å². The third-order valence-corrected chi connectivity index (χ3v) is 10.5. The minimum absolute atomic E-state index is 0.0863. The van der Waals surface area contributed by atoms with Crippen molar-refractivity contribution in [1.29, 1.82) is 0 Å². The fraction of sp³-hybridized carbons (Fsp3) is 0.513. The maximum Gasteiger partial charge on any atom is 0.142 e. The number of nitrogens with one attached hydrogen (secondary N) is 1. The van der Waals surface area contributed by atoms with Crippen LogP contribution in [0.5, 0.6) is 17.2 Å². The first-order valence-corrected chi connectivity index (χ1v) is 17.6. The highest BCUT2D eigenvalue weighted by atomic mass is 35.5. The highest BCUT2D eigenvalue weighted by Crippen LogP contribution is 2.44. The smallest absolute Gasteiger partial charge is 0.142 e. The number of rotatable bonds is 14. The van der Waals surface area contributed by atoms with Crippen molar-refractivity contribution < 1.29 is 19.0 Å². The van der Waals surface area contributed by atoms with Crippen molar-refractivity contribution in [1.82, 2.24) is 10.2 Å². The molecule has 0 radical (unpaired) electrons. The van der Waals surface area contributed by atoms with E-state index in [1.165, 1.54) is 34.2 Å². The summed E-state index contributed by atoms with van der Waals surface area (Å²) in [6.07, 6.45) is 6.43. The monoisotopic (exact) mass is 644 g/mol. The first kappa shape index (κ1) is 32.9. The molecule has 46 heavy (non-hydrogen) atoms. The number of benzene rings is 3. The van der Waals surface area contributed by atoms with Crippen LogP contribution in [-0.4, -0.2) is 49.1 Å². The second-order valence-electron chi connectivity index (χ2n) is 13.4. The van der Waals surface area contributed by atoms with E-state index in [-0.39, 0.29) is 6.10 Å². The zero-order valence-corrected chi connectivity index (χ0v) is 28.6. The van der Waals surface area contributed by atoms with E-state index >= 15 is 0 Å². The molecule has 1 saturated heterocycles. The zero-order chi connectivity index (χ0) is 32.2. The molecule has 6 rings (SSSR count). The number of halogens is 1.